The van der Waals surface area contributed by atoms with Crippen molar-refractivity contribution < 1.29 is 9.84 Å². The Labute approximate surface area is 112 Å². The maximum Gasteiger partial charge on any atom is 0.160 e. The number of fused-ring (bicyclic) bond motifs is 1. The Balaban J connectivity index is 1.92. The fourth-order valence-corrected chi connectivity index (χ4v) is 2.64. The Morgan fingerprint density at radius 3 is 3.16 bits per heavy atom. The van der Waals surface area contributed by atoms with Crippen LogP contribution < -0.4 is 0 Å². The highest BCUT2D eigenvalue weighted by atomic mass is 16.5. The van der Waals surface area contributed by atoms with Crippen LogP contribution in [-0.2, 0) is 17.7 Å². The Hall–Kier alpha value is -1.46. The SMILES string of the molecule is OCCc1nc2cccnc2n1CC1CCCCO1. The first-order valence-corrected chi connectivity index (χ1v) is 6.91. The lowest BCUT2D eigenvalue weighted by Gasteiger charge is -2.23. The van der Waals surface area contributed by atoms with E-state index in [-0.39, 0.29) is 12.7 Å². The Kier molecular flexibility index (Phi) is 3.75. The van der Waals surface area contributed by atoms with Crippen LogP contribution in [0, 0.1) is 0 Å². The molecule has 1 N–H and O–H groups in total. The minimum absolute atomic E-state index is 0.106. The molecule has 19 heavy (non-hydrogen) atoms. The summed E-state index contributed by atoms with van der Waals surface area (Å²) in [5, 5.41) is 9.17. The van der Waals surface area contributed by atoms with Gasteiger partial charge in [0.1, 0.15) is 11.3 Å². The summed E-state index contributed by atoms with van der Waals surface area (Å²) in [5.41, 5.74) is 1.78. The molecule has 1 unspecified atom stereocenters. The molecule has 1 aliphatic rings. The number of aliphatic hydroxyl groups is 1. The van der Waals surface area contributed by atoms with Crippen LogP contribution in [0.5, 0.6) is 0 Å². The molecule has 0 radical (unpaired) electrons. The molecule has 2 aromatic heterocycles. The summed E-state index contributed by atoms with van der Waals surface area (Å²) in [5.74, 6) is 0.894. The summed E-state index contributed by atoms with van der Waals surface area (Å²) in [6.45, 7) is 1.73. The first kappa shape index (κ1) is 12.6. The third-order valence-electron chi connectivity index (χ3n) is 3.58. The Morgan fingerprint density at radius 1 is 1.42 bits per heavy atom. The predicted molar refractivity (Wildman–Crippen MR) is 71.9 cm³/mol. The number of pyridine rings is 1. The van der Waals surface area contributed by atoms with Crippen LogP contribution in [0.15, 0.2) is 18.3 Å². The van der Waals surface area contributed by atoms with Gasteiger partial charge in [0.05, 0.1) is 19.3 Å². The highest BCUT2D eigenvalue weighted by Crippen LogP contribution is 2.19. The van der Waals surface area contributed by atoms with Gasteiger partial charge in [-0.1, -0.05) is 0 Å². The lowest BCUT2D eigenvalue weighted by Crippen LogP contribution is -2.25. The molecule has 1 fully saturated rings. The van der Waals surface area contributed by atoms with Crippen molar-refractivity contribution in [2.75, 3.05) is 13.2 Å². The normalized spacial score (nSPS) is 19.9. The Morgan fingerprint density at radius 2 is 2.37 bits per heavy atom. The fourth-order valence-electron chi connectivity index (χ4n) is 2.64. The maximum atomic E-state index is 9.17. The summed E-state index contributed by atoms with van der Waals surface area (Å²) in [6, 6.07) is 3.85. The van der Waals surface area contributed by atoms with Crippen molar-refractivity contribution in [2.45, 2.75) is 38.3 Å². The van der Waals surface area contributed by atoms with E-state index in [1.54, 1.807) is 6.20 Å². The number of aliphatic hydroxyl groups excluding tert-OH is 1. The fraction of sp³-hybridized carbons (Fsp3) is 0.571. The number of nitrogens with zero attached hydrogens (tertiary/aromatic N) is 3. The van der Waals surface area contributed by atoms with Crippen molar-refractivity contribution in [3.05, 3.63) is 24.2 Å². The molecule has 102 valence electrons. The van der Waals surface area contributed by atoms with Gasteiger partial charge in [-0.3, -0.25) is 0 Å². The number of rotatable bonds is 4. The zero-order chi connectivity index (χ0) is 13.1. The molecule has 3 heterocycles. The topological polar surface area (TPSA) is 60.2 Å². The molecule has 1 aliphatic heterocycles. The number of hydrogen-bond acceptors (Lipinski definition) is 4. The number of imidazole rings is 1. The summed E-state index contributed by atoms with van der Waals surface area (Å²) in [7, 11) is 0. The monoisotopic (exact) mass is 261 g/mol. The van der Waals surface area contributed by atoms with Crippen molar-refractivity contribution in [1.29, 1.82) is 0 Å². The first-order valence-electron chi connectivity index (χ1n) is 6.91. The zero-order valence-corrected chi connectivity index (χ0v) is 11.0. The van der Waals surface area contributed by atoms with E-state index in [9.17, 15) is 5.11 Å². The van der Waals surface area contributed by atoms with Gasteiger partial charge in [0.2, 0.25) is 0 Å². The van der Waals surface area contributed by atoms with Gasteiger partial charge in [-0.2, -0.15) is 0 Å². The van der Waals surface area contributed by atoms with Crippen molar-refractivity contribution in [1.82, 2.24) is 14.5 Å². The van der Waals surface area contributed by atoms with Crippen molar-refractivity contribution >= 4 is 11.2 Å². The van der Waals surface area contributed by atoms with Crippen LogP contribution in [0.25, 0.3) is 11.2 Å². The third kappa shape index (κ3) is 2.62. The van der Waals surface area contributed by atoms with E-state index in [1.807, 2.05) is 12.1 Å². The third-order valence-corrected chi connectivity index (χ3v) is 3.58. The number of aromatic nitrogens is 3. The van der Waals surface area contributed by atoms with Crippen molar-refractivity contribution in [3.8, 4) is 0 Å². The average molecular weight is 261 g/mol. The summed E-state index contributed by atoms with van der Waals surface area (Å²) in [6.07, 6.45) is 6.05. The lowest BCUT2D eigenvalue weighted by atomic mass is 10.1. The van der Waals surface area contributed by atoms with Gasteiger partial charge in [0.15, 0.2) is 5.65 Å². The molecule has 0 aliphatic carbocycles. The average Bonchev–Trinajstić information content (AvgIpc) is 2.79. The van der Waals surface area contributed by atoms with E-state index in [1.165, 1.54) is 6.42 Å². The van der Waals surface area contributed by atoms with E-state index < -0.39 is 0 Å². The molecule has 5 heteroatoms. The molecule has 1 atom stereocenters. The van der Waals surface area contributed by atoms with Crippen LogP contribution in [0.1, 0.15) is 25.1 Å². The highest BCUT2D eigenvalue weighted by molar-refractivity contribution is 5.71. The van der Waals surface area contributed by atoms with E-state index in [0.717, 1.165) is 43.0 Å². The molecular formula is C14H19N3O2. The van der Waals surface area contributed by atoms with Gasteiger partial charge in [0.25, 0.3) is 0 Å². The number of ether oxygens (including phenoxy) is 1. The minimum atomic E-state index is 0.106. The predicted octanol–water partition coefficient (Wildman–Crippen LogP) is 1.54. The minimum Gasteiger partial charge on any atom is -0.396 e. The largest absolute Gasteiger partial charge is 0.396 e. The second-order valence-corrected chi connectivity index (χ2v) is 4.95. The molecule has 3 rings (SSSR count). The second-order valence-electron chi connectivity index (χ2n) is 4.95. The van der Waals surface area contributed by atoms with Gasteiger partial charge < -0.3 is 14.4 Å². The molecule has 2 aromatic rings. The quantitative estimate of drug-likeness (QED) is 0.907. The van der Waals surface area contributed by atoms with Gasteiger partial charge in [-0.05, 0) is 31.4 Å². The lowest BCUT2D eigenvalue weighted by molar-refractivity contribution is 0.00602. The smallest absolute Gasteiger partial charge is 0.160 e. The van der Waals surface area contributed by atoms with Gasteiger partial charge >= 0.3 is 0 Å². The molecule has 1 saturated heterocycles. The summed E-state index contributed by atoms with van der Waals surface area (Å²) < 4.78 is 7.89. The van der Waals surface area contributed by atoms with Crippen molar-refractivity contribution in [2.24, 2.45) is 0 Å². The molecule has 0 amide bonds. The molecule has 0 saturated carbocycles. The molecule has 0 spiro atoms. The van der Waals surface area contributed by atoms with E-state index in [0.29, 0.717) is 6.42 Å². The summed E-state index contributed by atoms with van der Waals surface area (Å²) >= 11 is 0. The van der Waals surface area contributed by atoms with Crippen LogP contribution in [0.2, 0.25) is 0 Å². The molecule has 5 nitrogen and oxygen atoms in total. The maximum absolute atomic E-state index is 9.17. The van der Waals surface area contributed by atoms with E-state index in [4.69, 9.17) is 4.74 Å². The van der Waals surface area contributed by atoms with Gasteiger partial charge in [-0.25, -0.2) is 9.97 Å². The van der Waals surface area contributed by atoms with Crippen LogP contribution in [0.4, 0.5) is 0 Å². The van der Waals surface area contributed by atoms with Crippen LogP contribution in [-0.4, -0.2) is 39.0 Å². The van der Waals surface area contributed by atoms with E-state index >= 15 is 0 Å². The van der Waals surface area contributed by atoms with Crippen LogP contribution >= 0.6 is 0 Å². The van der Waals surface area contributed by atoms with Gasteiger partial charge in [-0.15, -0.1) is 0 Å². The highest BCUT2D eigenvalue weighted by Gasteiger charge is 2.18. The molecular weight excluding hydrogens is 242 g/mol. The first-order chi connectivity index (χ1) is 9.38. The molecule has 0 aromatic carbocycles. The standard InChI is InChI=1S/C14H19N3O2/c18-8-6-13-16-12-5-3-7-15-14(12)17(13)10-11-4-1-2-9-19-11/h3,5,7,11,18H,1-2,4,6,8-10H2. The van der Waals surface area contributed by atoms with Gasteiger partial charge in [0, 0.05) is 19.2 Å². The molecule has 0 bridgehead atoms. The number of hydrogen-bond donors (Lipinski definition) is 1. The summed E-state index contributed by atoms with van der Waals surface area (Å²) in [4.78, 5) is 8.97. The second kappa shape index (κ2) is 5.67. The van der Waals surface area contributed by atoms with E-state index in [2.05, 4.69) is 14.5 Å². The zero-order valence-electron chi connectivity index (χ0n) is 11.0. The Bertz CT molecular complexity index is 547. The van der Waals surface area contributed by atoms with Crippen molar-refractivity contribution in [3.63, 3.8) is 0 Å². The van der Waals surface area contributed by atoms with Crippen LogP contribution in [0.3, 0.4) is 0 Å².